The summed E-state index contributed by atoms with van der Waals surface area (Å²) in [6.45, 7) is 2.17. The van der Waals surface area contributed by atoms with Gasteiger partial charge in [0.1, 0.15) is 5.82 Å². The highest BCUT2D eigenvalue weighted by molar-refractivity contribution is 5.94. The third kappa shape index (κ3) is 3.09. The molecular formula is C15H20FNO. The Bertz CT molecular complexity index is 401. The van der Waals surface area contributed by atoms with Crippen molar-refractivity contribution in [1.82, 2.24) is 5.32 Å². The Hall–Kier alpha value is -1.38. The van der Waals surface area contributed by atoms with Crippen LogP contribution in [-0.2, 0) is 0 Å². The van der Waals surface area contributed by atoms with Crippen LogP contribution in [0.3, 0.4) is 0 Å². The lowest BCUT2D eigenvalue weighted by Crippen LogP contribution is -2.41. The Balaban J connectivity index is 1.99. The summed E-state index contributed by atoms with van der Waals surface area (Å²) < 4.78 is 12.8. The Kier molecular flexibility index (Phi) is 4.34. The SMILES string of the molecule is CCC1CCCCC1NC(=O)c1ccc(F)cc1. The van der Waals surface area contributed by atoms with Gasteiger partial charge < -0.3 is 5.32 Å². The van der Waals surface area contributed by atoms with E-state index in [2.05, 4.69) is 12.2 Å². The van der Waals surface area contributed by atoms with Gasteiger partial charge in [-0.15, -0.1) is 0 Å². The first-order chi connectivity index (χ1) is 8.70. The summed E-state index contributed by atoms with van der Waals surface area (Å²) in [6.07, 6.45) is 5.82. The van der Waals surface area contributed by atoms with Crippen LogP contribution >= 0.6 is 0 Å². The fourth-order valence-electron chi connectivity index (χ4n) is 2.74. The highest BCUT2D eigenvalue weighted by Crippen LogP contribution is 2.27. The number of nitrogens with one attached hydrogen (secondary N) is 1. The third-order valence-corrected chi connectivity index (χ3v) is 3.86. The summed E-state index contributed by atoms with van der Waals surface area (Å²) >= 11 is 0. The van der Waals surface area contributed by atoms with Crippen LogP contribution in [-0.4, -0.2) is 11.9 Å². The van der Waals surface area contributed by atoms with Crippen LogP contribution in [0.4, 0.5) is 4.39 Å². The van der Waals surface area contributed by atoms with Gasteiger partial charge >= 0.3 is 0 Å². The van der Waals surface area contributed by atoms with E-state index in [0.717, 1.165) is 12.8 Å². The van der Waals surface area contributed by atoms with Gasteiger partial charge in [0.25, 0.3) is 5.91 Å². The van der Waals surface area contributed by atoms with Gasteiger partial charge in [0.15, 0.2) is 0 Å². The van der Waals surface area contributed by atoms with Gasteiger partial charge in [0.05, 0.1) is 0 Å². The van der Waals surface area contributed by atoms with Gasteiger partial charge in [-0.05, 0) is 43.0 Å². The van der Waals surface area contributed by atoms with Crippen LogP contribution in [0.1, 0.15) is 49.4 Å². The topological polar surface area (TPSA) is 29.1 Å². The molecule has 1 fully saturated rings. The minimum absolute atomic E-state index is 0.0830. The summed E-state index contributed by atoms with van der Waals surface area (Å²) in [5.41, 5.74) is 0.539. The number of carbonyl (C=O) groups excluding carboxylic acids is 1. The molecule has 3 heteroatoms. The second-order valence-electron chi connectivity index (χ2n) is 5.04. The highest BCUT2D eigenvalue weighted by Gasteiger charge is 2.25. The van der Waals surface area contributed by atoms with Crippen LogP contribution in [0, 0.1) is 11.7 Å². The lowest BCUT2D eigenvalue weighted by Gasteiger charge is -2.31. The molecule has 0 saturated heterocycles. The number of hydrogen-bond acceptors (Lipinski definition) is 1. The van der Waals surface area contributed by atoms with Gasteiger partial charge in [-0.2, -0.15) is 0 Å². The predicted molar refractivity (Wildman–Crippen MR) is 69.9 cm³/mol. The molecule has 1 aromatic carbocycles. The maximum Gasteiger partial charge on any atom is 0.251 e. The standard InChI is InChI=1S/C15H20FNO/c1-2-11-5-3-4-6-14(11)17-15(18)12-7-9-13(16)10-8-12/h7-11,14H,2-6H2,1H3,(H,17,18). The molecule has 0 bridgehead atoms. The molecule has 0 heterocycles. The van der Waals surface area contributed by atoms with Gasteiger partial charge in [-0.3, -0.25) is 4.79 Å². The average Bonchev–Trinajstić information content (AvgIpc) is 2.40. The molecule has 0 aliphatic heterocycles. The number of carbonyl (C=O) groups is 1. The molecular weight excluding hydrogens is 229 g/mol. The summed E-state index contributed by atoms with van der Waals surface area (Å²) in [5.74, 6) is 0.194. The maximum atomic E-state index is 12.8. The highest BCUT2D eigenvalue weighted by atomic mass is 19.1. The zero-order valence-corrected chi connectivity index (χ0v) is 10.8. The Morgan fingerprint density at radius 1 is 1.28 bits per heavy atom. The Morgan fingerprint density at radius 2 is 1.94 bits per heavy atom. The number of benzene rings is 1. The van der Waals surface area contributed by atoms with E-state index in [1.807, 2.05) is 0 Å². The molecule has 98 valence electrons. The van der Waals surface area contributed by atoms with E-state index < -0.39 is 0 Å². The van der Waals surface area contributed by atoms with Crippen LogP contribution in [0.25, 0.3) is 0 Å². The van der Waals surface area contributed by atoms with Crippen molar-refractivity contribution in [3.63, 3.8) is 0 Å². The number of rotatable bonds is 3. The molecule has 1 aromatic rings. The minimum Gasteiger partial charge on any atom is -0.349 e. The number of halogens is 1. The molecule has 1 N–H and O–H groups in total. The van der Waals surface area contributed by atoms with E-state index in [0.29, 0.717) is 11.5 Å². The van der Waals surface area contributed by atoms with Crippen LogP contribution in [0.2, 0.25) is 0 Å². The second kappa shape index (κ2) is 5.98. The quantitative estimate of drug-likeness (QED) is 0.872. The molecule has 1 saturated carbocycles. The first-order valence-electron chi connectivity index (χ1n) is 6.77. The molecule has 0 aromatic heterocycles. The monoisotopic (exact) mass is 249 g/mol. The molecule has 2 nitrogen and oxygen atoms in total. The molecule has 1 aliphatic carbocycles. The van der Waals surface area contributed by atoms with E-state index >= 15 is 0 Å². The lowest BCUT2D eigenvalue weighted by atomic mass is 9.83. The van der Waals surface area contributed by atoms with Gasteiger partial charge in [-0.1, -0.05) is 26.2 Å². The van der Waals surface area contributed by atoms with Gasteiger partial charge in [-0.25, -0.2) is 4.39 Å². The van der Waals surface area contributed by atoms with Gasteiger partial charge in [0.2, 0.25) is 0 Å². The van der Waals surface area contributed by atoms with Crippen molar-refractivity contribution in [3.8, 4) is 0 Å². The molecule has 0 radical (unpaired) electrons. The number of hydrogen-bond donors (Lipinski definition) is 1. The average molecular weight is 249 g/mol. The van der Waals surface area contributed by atoms with E-state index in [1.165, 1.54) is 43.5 Å². The second-order valence-corrected chi connectivity index (χ2v) is 5.04. The van der Waals surface area contributed by atoms with Crippen molar-refractivity contribution in [1.29, 1.82) is 0 Å². The van der Waals surface area contributed by atoms with Crippen LogP contribution in [0.5, 0.6) is 0 Å². The van der Waals surface area contributed by atoms with Crippen molar-refractivity contribution in [2.45, 2.75) is 45.1 Å². The van der Waals surface area contributed by atoms with Crippen molar-refractivity contribution >= 4 is 5.91 Å². The fourth-order valence-corrected chi connectivity index (χ4v) is 2.74. The summed E-state index contributed by atoms with van der Waals surface area (Å²) in [7, 11) is 0. The summed E-state index contributed by atoms with van der Waals surface area (Å²) in [4.78, 5) is 12.1. The van der Waals surface area contributed by atoms with Crippen molar-refractivity contribution in [2.24, 2.45) is 5.92 Å². The van der Waals surface area contributed by atoms with Crippen LogP contribution in [0.15, 0.2) is 24.3 Å². The van der Waals surface area contributed by atoms with Crippen molar-refractivity contribution in [2.75, 3.05) is 0 Å². The van der Waals surface area contributed by atoms with Crippen molar-refractivity contribution in [3.05, 3.63) is 35.6 Å². The maximum absolute atomic E-state index is 12.8. The first-order valence-corrected chi connectivity index (χ1v) is 6.77. The Labute approximate surface area is 108 Å². The molecule has 1 aliphatic rings. The molecule has 2 rings (SSSR count). The lowest BCUT2D eigenvalue weighted by molar-refractivity contribution is 0.0904. The van der Waals surface area contributed by atoms with E-state index in [4.69, 9.17) is 0 Å². The minimum atomic E-state index is -0.310. The first kappa shape index (κ1) is 13.1. The molecule has 2 atom stereocenters. The van der Waals surface area contributed by atoms with E-state index in [1.54, 1.807) is 0 Å². The number of amides is 1. The smallest absolute Gasteiger partial charge is 0.251 e. The summed E-state index contributed by atoms with van der Waals surface area (Å²) in [6, 6.07) is 6.00. The van der Waals surface area contributed by atoms with Crippen molar-refractivity contribution < 1.29 is 9.18 Å². The predicted octanol–water partition coefficient (Wildman–Crippen LogP) is 3.52. The Morgan fingerprint density at radius 3 is 2.61 bits per heavy atom. The molecule has 1 amide bonds. The summed E-state index contributed by atoms with van der Waals surface area (Å²) in [5, 5.41) is 3.09. The molecule has 2 unspecified atom stereocenters. The van der Waals surface area contributed by atoms with E-state index in [-0.39, 0.29) is 17.8 Å². The zero-order valence-electron chi connectivity index (χ0n) is 10.8. The normalized spacial score (nSPS) is 23.7. The van der Waals surface area contributed by atoms with E-state index in [9.17, 15) is 9.18 Å². The molecule has 0 spiro atoms. The third-order valence-electron chi connectivity index (χ3n) is 3.86. The molecule has 18 heavy (non-hydrogen) atoms. The van der Waals surface area contributed by atoms with Crippen LogP contribution < -0.4 is 5.32 Å². The van der Waals surface area contributed by atoms with Gasteiger partial charge in [0, 0.05) is 11.6 Å². The zero-order chi connectivity index (χ0) is 13.0. The fraction of sp³-hybridized carbons (Fsp3) is 0.533. The largest absolute Gasteiger partial charge is 0.349 e.